The van der Waals surface area contributed by atoms with Gasteiger partial charge in [-0.25, -0.2) is 8.42 Å². The molecule has 1 aliphatic heterocycles. The van der Waals surface area contributed by atoms with Crippen molar-refractivity contribution in [2.45, 2.75) is 13.8 Å². The highest BCUT2D eigenvalue weighted by Gasteiger charge is 2.10. The molecule has 9 heteroatoms. The van der Waals surface area contributed by atoms with Gasteiger partial charge in [0.25, 0.3) is 0 Å². The van der Waals surface area contributed by atoms with E-state index in [1.807, 2.05) is 6.92 Å². The van der Waals surface area contributed by atoms with Crippen LogP contribution in [0.4, 0.5) is 0 Å². The van der Waals surface area contributed by atoms with Crippen LogP contribution in [0.15, 0.2) is 4.99 Å². The molecule has 1 saturated heterocycles. The number of halogens is 1. The van der Waals surface area contributed by atoms with E-state index in [0.29, 0.717) is 19.0 Å². The highest BCUT2D eigenvalue weighted by Crippen LogP contribution is 1.95. The van der Waals surface area contributed by atoms with E-state index in [0.717, 1.165) is 39.4 Å². The Bertz CT molecular complexity index is 412. The molecule has 0 aromatic carbocycles. The Morgan fingerprint density at radius 3 is 2.50 bits per heavy atom. The average Bonchev–Trinajstić information content (AvgIpc) is 2.48. The van der Waals surface area contributed by atoms with E-state index in [2.05, 4.69) is 20.5 Å². The lowest BCUT2D eigenvalue weighted by atomic mass is 10.4. The molecule has 0 aliphatic carbocycles. The van der Waals surface area contributed by atoms with E-state index in [1.165, 1.54) is 0 Å². The van der Waals surface area contributed by atoms with Gasteiger partial charge in [-0.2, -0.15) is 0 Å². The van der Waals surface area contributed by atoms with Crippen LogP contribution in [-0.2, 0) is 14.6 Å². The van der Waals surface area contributed by atoms with E-state index in [1.54, 1.807) is 6.92 Å². The maximum Gasteiger partial charge on any atom is 0.191 e. The summed E-state index contributed by atoms with van der Waals surface area (Å²) in [4.78, 5) is 6.79. The zero-order valence-electron chi connectivity index (χ0n) is 13.5. The molecular formula is C13H29IN4O3S. The lowest BCUT2D eigenvalue weighted by Crippen LogP contribution is -2.41. The zero-order chi connectivity index (χ0) is 15.6. The summed E-state index contributed by atoms with van der Waals surface area (Å²) in [6.07, 6.45) is 0. The van der Waals surface area contributed by atoms with Gasteiger partial charge in [0.15, 0.2) is 15.8 Å². The summed E-state index contributed by atoms with van der Waals surface area (Å²) in [7, 11) is -2.94. The molecule has 2 N–H and O–H groups in total. The zero-order valence-corrected chi connectivity index (χ0v) is 16.7. The van der Waals surface area contributed by atoms with Crippen molar-refractivity contribution in [2.75, 3.05) is 64.0 Å². The van der Waals surface area contributed by atoms with Crippen molar-refractivity contribution in [3.8, 4) is 0 Å². The molecule has 1 fully saturated rings. The number of sulfone groups is 1. The smallest absolute Gasteiger partial charge is 0.191 e. The first-order valence-corrected chi connectivity index (χ1v) is 9.42. The van der Waals surface area contributed by atoms with Crippen LogP contribution in [0.25, 0.3) is 0 Å². The van der Waals surface area contributed by atoms with E-state index in [-0.39, 0.29) is 35.5 Å². The normalized spacial score (nSPS) is 16.9. The highest BCUT2D eigenvalue weighted by atomic mass is 127. The van der Waals surface area contributed by atoms with Gasteiger partial charge in [0.05, 0.1) is 25.5 Å². The predicted octanol–water partition coefficient (Wildman–Crippen LogP) is -0.0736. The van der Waals surface area contributed by atoms with Gasteiger partial charge in [0, 0.05) is 38.5 Å². The summed E-state index contributed by atoms with van der Waals surface area (Å²) in [5, 5.41) is 6.19. The first-order chi connectivity index (χ1) is 10.1. The Hall–Kier alpha value is -0.130. The van der Waals surface area contributed by atoms with Gasteiger partial charge >= 0.3 is 0 Å². The third-order valence-corrected chi connectivity index (χ3v) is 4.99. The number of ether oxygens (including phenoxy) is 1. The number of morpholine rings is 1. The quantitative estimate of drug-likeness (QED) is 0.307. The van der Waals surface area contributed by atoms with Gasteiger partial charge in [0.2, 0.25) is 0 Å². The molecule has 0 unspecified atom stereocenters. The molecular weight excluding hydrogens is 419 g/mol. The van der Waals surface area contributed by atoms with E-state index >= 15 is 0 Å². The van der Waals surface area contributed by atoms with Crippen LogP contribution >= 0.6 is 24.0 Å². The lowest BCUT2D eigenvalue weighted by Gasteiger charge is -2.25. The summed E-state index contributed by atoms with van der Waals surface area (Å²) < 4.78 is 28.2. The Morgan fingerprint density at radius 1 is 1.23 bits per heavy atom. The summed E-state index contributed by atoms with van der Waals surface area (Å²) in [6.45, 7) is 9.86. The van der Waals surface area contributed by atoms with Crippen LogP contribution < -0.4 is 10.6 Å². The average molecular weight is 448 g/mol. The minimum atomic E-state index is -2.94. The molecule has 0 amide bonds. The van der Waals surface area contributed by atoms with Gasteiger partial charge in [-0.05, 0) is 6.92 Å². The maximum absolute atomic E-state index is 11.4. The van der Waals surface area contributed by atoms with Crippen molar-refractivity contribution in [1.82, 2.24) is 15.5 Å². The number of nitrogens with one attached hydrogen (secondary N) is 2. The number of hydrogen-bond donors (Lipinski definition) is 2. The first kappa shape index (κ1) is 21.9. The molecule has 0 aromatic rings. The van der Waals surface area contributed by atoms with E-state index < -0.39 is 9.84 Å². The van der Waals surface area contributed by atoms with E-state index in [4.69, 9.17) is 4.74 Å². The molecule has 22 heavy (non-hydrogen) atoms. The van der Waals surface area contributed by atoms with Gasteiger partial charge in [0.1, 0.15) is 0 Å². The summed E-state index contributed by atoms with van der Waals surface area (Å²) in [6, 6.07) is 0. The first-order valence-electron chi connectivity index (χ1n) is 7.60. The highest BCUT2D eigenvalue weighted by molar-refractivity contribution is 14.0. The van der Waals surface area contributed by atoms with Gasteiger partial charge < -0.3 is 15.4 Å². The Kier molecular flexibility index (Phi) is 12.2. The van der Waals surface area contributed by atoms with Crippen LogP contribution in [0.5, 0.6) is 0 Å². The standard InChI is InChI=1S/C13H28N4O3S.HI/c1-3-14-13(16-6-12-21(18,19)4-2)15-5-7-17-8-10-20-11-9-17;/h3-12H2,1-2H3,(H2,14,15,16);1H. The number of hydrogen-bond acceptors (Lipinski definition) is 5. The number of guanidine groups is 1. The van der Waals surface area contributed by atoms with Crippen molar-refractivity contribution in [2.24, 2.45) is 4.99 Å². The third kappa shape index (κ3) is 9.80. The second kappa shape index (κ2) is 12.3. The van der Waals surface area contributed by atoms with Crippen LogP contribution in [-0.4, -0.2) is 83.3 Å². The summed E-state index contributed by atoms with van der Waals surface area (Å²) in [5.74, 6) is 0.994. The molecule has 132 valence electrons. The SMILES string of the molecule is CCNC(=NCCN1CCOCC1)NCCS(=O)(=O)CC.I. The lowest BCUT2D eigenvalue weighted by molar-refractivity contribution is 0.0394. The molecule has 1 rings (SSSR count). The maximum atomic E-state index is 11.4. The minimum Gasteiger partial charge on any atom is -0.379 e. The molecule has 1 aliphatic rings. The number of nitrogens with zero attached hydrogens (tertiary/aromatic N) is 2. The van der Waals surface area contributed by atoms with Crippen molar-refractivity contribution in [1.29, 1.82) is 0 Å². The van der Waals surface area contributed by atoms with Gasteiger partial charge in [-0.1, -0.05) is 6.92 Å². The van der Waals surface area contributed by atoms with Crippen LogP contribution in [0.1, 0.15) is 13.8 Å². The summed E-state index contributed by atoms with van der Waals surface area (Å²) >= 11 is 0. The van der Waals surface area contributed by atoms with Crippen LogP contribution in [0.2, 0.25) is 0 Å². The topological polar surface area (TPSA) is 83.0 Å². The van der Waals surface area contributed by atoms with Gasteiger partial charge in [-0.3, -0.25) is 9.89 Å². The third-order valence-electron chi connectivity index (χ3n) is 3.28. The molecule has 0 aromatic heterocycles. The molecule has 0 radical (unpaired) electrons. The monoisotopic (exact) mass is 448 g/mol. The molecule has 7 nitrogen and oxygen atoms in total. The van der Waals surface area contributed by atoms with Gasteiger partial charge in [-0.15, -0.1) is 24.0 Å². The molecule has 0 bridgehead atoms. The molecule has 0 atom stereocenters. The Labute approximate surface area is 151 Å². The molecule has 1 heterocycles. The van der Waals surface area contributed by atoms with E-state index in [9.17, 15) is 8.42 Å². The minimum absolute atomic E-state index is 0. The second-order valence-electron chi connectivity index (χ2n) is 4.88. The number of rotatable bonds is 8. The van der Waals surface area contributed by atoms with Crippen molar-refractivity contribution >= 4 is 39.8 Å². The summed E-state index contributed by atoms with van der Waals surface area (Å²) in [5.41, 5.74) is 0. The Balaban J connectivity index is 0.00000441. The fourth-order valence-electron chi connectivity index (χ4n) is 1.94. The largest absolute Gasteiger partial charge is 0.379 e. The number of aliphatic imine (C=N–C) groups is 1. The fourth-order valence-corrected chi connectivity index (χ4v) is 2.64. The fraction of sp³-hybridized carbons (Fsp3) is 0.923. The van der Waals surface area contributed by atoms with Crippen LogP contribution in [0.3, 0.4) is 0 Å². The van der Waals surface area contributed by atoms with Crippen LogP contribution in [0, 0.1) is 0 Å². The van der Waals surface area contributed by atoms with Crippen molar-refractivity contribution in [3.63, 3.8) is 0 Å². The Morgan fingerprint density at radius 2 is 1.91 bits per heavy atom. The molecule has 0 saturated carbocycles. The second-order valence-corrected chi connectivity index (χ2v) is 7.35. The van der Waals surface area contributed by atoms with Crippen molar-refractivity contribution in [3.05, 3.63) is 0 Å². The predicted molar refractivity (Wildman–Crippen MR) is 101 cm³/mol. The van der Waals surface area contributed by atoms with Crippen molar-refractivity contribution < 1.29 is 13.2 Å². The molecule has 0 spiro atoms.